The molecule has 5 nitrogen and oxygen atoms in total. The first-order chi connectivity index (χ1) is 9.56. The molecule has 0 aliphatic rings. The first-order valence-corrected chi connectivity index (χ1v) is 6.30. The van der Waals surface area contributed by atoms with E-state index in [0.29, 0.717) is 12.3 Å². The van der Waals surface area contributed by atoms with E-state index in [1.54, 1.807) is 13.0 Å². The molecular weight excluding hydrogens is 256 g/mol. The van der Waals surface area contributed by atoms with Crippen molar-refractivity contribution in [2.45, 2.75) is 20.4 Å². The van der Waals surface area contributed by atoms with Crippen LogP contribution in [0.3, 0.4) is 0 Å². The zero-order valence-corrected chi connectivity index (χ0v) is 11.3. The van der Waals surface area contributed by atoms with Crippen LogP contribution in [0.5, 0.6) is 0 Å². The highest BCUT2D eigenvalue weighted by Crippen LogP contribution is 2.21. The van der Waals surface area contributed by atoms with Gasteiger partial charge in [-0.05, 0) is 32.0 Å². The van der Waals surface area contributed by atoms with Gasteiger partial charge in [-0.1, -0.05) is 12.1 Å². The topological polar surface area (TPSA) is 68.3 Å². The van der Waals surface area contributed by atoms with Crippen LogP contribution in [0, 0.1) is 13.8 Å². The Bertz CT molecular complexity index is 799. The quantitative estimate of drug-likeness (QED) is 0.794. The summed E-state index contributed by atoms with van der Waals surface area (Å²) in [4.78, 5) is 15.4. The van der Waals surface area contributed by atoms with Crippen molar-refractivity contribution in [3.63, 3.8) is 0 Å². The van der Waals surface area contributed by atoms with E-state index in [4.69, 9.17) is 9.52 Å². The second kappa shape index (κ2) is 4.52. The molecule has 3 aromatic rings. The number of aromatic carboxylic acids is 1. The molecule has 102 valence electrons. The van der Waals surface area contributed by atoms with Crippen molar-refractivity contribution in [2.75, 3.05) is 0 Å². The van der Waals surface area contributed by atoms with Gasteiger partial charge in [0, 0.05) is 5.56 Å². The summed E-state index contributed by atoms with van der Waals surface area (Å²) in [6.07, 6.45) is 0. The van der Waals surface area contributed by atoms with Gasteiger partial charge in [0.05, 0.1) is 17.6 Å². The van der Waals surface area contributed by atoms with Crippen molar-refractivity contribution in [2.24, 2.45) is 0 Å². The lowest BCUT2D eigenvalue weighted by Gasteiger charge is -2.05. The van der Waals surface area contributed by atoms with E-state index in [0.717, 1.165) is 22.4 Å². The molecule has 0 amide bonds. The van der Waals surface area contributed by atoms with Crippen LogP contribution in [-0.2, 0) is 6.54 Å². The summed E-state index contributed by atoms with van der Waals surface area (Å²) in [5.41, 5.74) is 2.82. The van der Waals surface area contributed by atoms with Crippen molar-refractivity contribution in [1.82, 2.24) is 9.55 Å². The number of aryl methyl sites for hydroxylation is 2. The molecule has 5 heteroatoms. The van der Waals surface area contributed by atoms with Crippen molar-refractivity contribution in [1.29, 1.82) is 0 Å². The van der Waals surface area contributed by atoms with Gasteiger partial charge in [-0.3, -0.25) is 0 Å². The van der Waals surface area contributed by atoms with E-state index in [1.165, 1.54) is 0 Å². The molecule has 1 N–H and O–H groups in total. The number of hydrogen-bond acceptors (Lipinski definition) is 3. The molecule has 1 aromatic carbocycles. The predicted octanol–water partition coefficient (Wildman–Crippen LogP) is 2.99. The van der Waals surface area contributed by atoms with Crippen molar-refractivity contribution < 1.29 is 14.3 Å². The molecule has 3 rings (SSSR count). The number of hydrogen-bond donors (Lipinski definition) is 1. The molecule has 0 saturated carbocycles. The van der Waals surface area contributed by atoms with Gasteiger partial charge in [-0.25, -0.2) is 9.78 Å². The van der Waals surface area contributed by atoms with E-state index in [9.17, 15) is 4.79 Å². The van der Waals surface area contributed by atoms with E-state index in [-0.39, 0.29) is 5.76 Å². The first-order valence-electron chi connectivity index (χ1n) is 6.30. The van der Waals surface area contributed by atoms with Crippen LogP contribution < -0.4 is 0 Å². The summed E-state index contributed by atoms with van der Waals surface area (Å²) in [5, 5.41) is 8.96. The van der Waals surface area contributed by atoms with Gasteiger partial charge in [-0.15, -0.1) is 0 Å². The molecule has 0 atom stereocenters. The summed E-state index contributed by atoms with van der Waals surface area (Å²) < 4.78 is 7.30. The molecule has 2 heterocycles. The van der Waals surface area contributed by atoms with Gasteiger partial charge in [0.1, 0.15) is 11.6 Å². The molecule has 0 radical (unpaired) electrons. The van der Waals surface area contributed by atoms with Crippen LogP contribution in [-0.4, -0.2) is 20.6 Å². The maximum Gasteiger partial charge on any atom is 0.371 e. The van der Waals surface area contributed by atoms with Crippen LogP contribution in [0.25, 0.3) is 11.0 Å². The van der Waals surface area contributed by atoms with Gasteiger partial charge in [-0.2, -0.15) is 0 Å². The van der Waals surface area contributed by atoms with Gasteiger partial charge >= 0.3 is 5.97 Å². The highest BCUT2D eigenvalue weighted by atomic mass is 16.4. The van der Waals surface area contributed by atoms with Crippen molar-refractivity contribution in [3.8, 4) is 0 Å². The Kier molecular flexibility index (Phi) is 2.82. The van der Waals surface area contributed by atoms with Crippen LogP contribution in [0.15, 0.2) is 34.7 Å². The highest BCUT2D eigenvalue weighted by Gasteiger charge is 2.15. The minimum Gasteiger partial charge on any atom is -0.475 e. The van der Waals surface area contributed by atoms with E-state index < -0.39 is 5.97 Å². The van der Waals surface area contributed by atoms with E-state index in [1.807, 2.05) is 31.2 Å². The number of furan rings is 1. The Morgan fingerprint density at radius 2 is 2.10 bits per heavy atom. The minimum absolute atomic E-state index is 0.0282. The van der Waals surface area contributed by atoms with Crippen LogP contribution in [0.4, 0.5) is 0 Å². The molecule has 0 aliphatic carbocycles. The van der Waals surface area contributed by atoms with Crippen LogP contribution in [0.1, 0.15) is 27.7 Å². The van der Waals surface area contributed by atoms with Gasteiger partial charge in [0.25, 0.3) is 0 Å². The zero-order chi connectivity index (χ0) is 14.3. The smallest absolute Gasteiger partial charge is 0.371 e. The fraction of sp³-hybridized carbons (Fsp3) is 0.200. The van der Waals surface area contributed by atoms with Gasteiger partial charge in [0.2, 0.25) is 5.76 Å². The molecular formula is C15H14N2O3. The number of benzene rings is 1. The SMILES string of the molecule is Cc1oc(C(=O)O)cc1Cn1c(C)nc2ccccc21. The van der Waals surface area contributed by atoms with Crippen molar-refractivity contribution >= 4 is 17.0 Å². The molecule has 0 fully saturated rings. The Labute approximate surface area is 115 Å². The predicted molar refractivity (Wildman–Crippen MR) is 74.0 cm³/mol. The number of rotatable bonds is 3. The number of carboxylic acids is 1. The third kappa shape index (κ3) is 1.97. The minimum atomic E-state index is -1.05. The van der Waals surface area contributed by atoms with Crippen LogP contribution >= 0.6 is 0 Å². The lowest BCUT2D eigenvalue weighted by molar-refractivity contribution is 0.0661. The highest BCUT2D eigenvalue weighted by molar-refractivity contribution is 5.84. The van der Waals surface area contributed by atoms with Crippen molar-refractivity contribution in [3.05, 3.63) is 53.2 Å². The summed E-state index contributed by atoms with van der Waals surface area (Å²) >= 11 is 0. The number of carbonyl (C=O) groups is 1. The monoisotopic (exact) mass is 270 g/mol. The zero-order valence-electron chi connectivity index (χ0n) is 11.3. The Hall–Kier alpha value is -2.56. The third-order valence-corrected chi connectivity index (χ3v) is 3.41. The number of imidazole rings is 1. The third-order valence-electron chi connectivity index (χ3n) is 3.41. The molecule has 0 spiro atoms. The summed E-state index contributed by atoms with van der Waals surface area (Å²) in [6, 6.07) is 9.45. The van der Waals surface area contributed by atoms with Crippen LogP contribution in [0.2, 0.25) is 0 Å². The normalized spacial score (nSPS) is 11.1. The number of aromatic nitrogens is 2. The second-order valence-corrected chi connectivity index (χ2v) is 4.73. The summed E-state index contributed by atoms with van der Waals surface area (Å²) in [6.45, 7) is 4.26. The molecule has 20 heavy (non-hydrogen) atoms. The number of carboxylic acid groups (broad SMARTS) is 1. The Morgan fingerprint density at radius 1 is 1.35 bits per heavy atom. The lowest BCUT2D eigenvalue weighted by atomic mass is 10.2. The van der Waals surface area contributed by atoms with Gasteiger partial charge in [0.15, 0.2) is 0 Å². The first kappa shape index (κ1) is 12.5. The van der Waals surface area contributed by atoms with Gasteiger partial charge < -0.3 is 14.1 Å². The Morgan fingerprint density at radius 3 is 2.80 bits per heavy atom. The fourth-order valence-electron chi connectivity index (χ4n) is 2.35. The largest absolute Gasteiger partial charge is 0.475 e. The standard InChI is InChI=1S/C15H14N2O3/c1-9-11(7-14(20-9)15(18)19)8-17-10(2)16-12-5-3-4-6-13(12)17/h3-7H,8H2,1-2H3,(H,18,19). The number of nitrogens with zero attached hydrogens (tertiary/aromatic N) is 2. The molecule has 0 bridgehead atoms. The van der Waals surface area contributed by atoms with E-state index >= 15 is 0 Å². The second-order valence-electron chi connectivity index (χ2n) is 4.73. The number of para-hydroxylation sites is 2. The summed E-state index contributed by atoms with van der Waals surface area (Å²) in [7, 11) is 0. The fourth-order valence-corrected chi connectivity index (χ4v) is 2.35. The molecule has 2 aromatic heterocycles. The maximum atomic E-state index is 10.9. The average Bonchev–Trinajstić information content (AvgIpc) is 2.92. The average molecular weight is 270 g/mol. The molecule has 0 saturated heterocycles. The molecule has 0 unspecified atom stereocenters. The maximum absolute atomic E-state index is 10.9. The lowest BCUT2D eigenvalue weighted by Crippen LogP contribution is -2.02. The Balaban J connectivity index is 2.05. The number of fused-ring (bicyclic) bond motifs is 1. The van der Waals surface area contributed by atoms with E-state index in [2.05, 4.69) is 9.55 Å². The molecule has 0 aliphatic heterocycles. The summed E-state index contributed by atoms with van der Waals surface area (Å²) in [5.74, 6) is 0.439.